The van der Waals surface area contributed by atoms with Crippen LogP contribution in [0, 0.1) is 0 Å². The maximum absolute atomic E-state index is 12.7. The van der Waals surface area contributed by atoms with Gasteiger partial charge in [-0.05, 0) is 53.3 Å². The second kappa shape index (κ2) is 16.1. The number of hydrogen-bond acceptors (Lipinski definition) is 4. The van der Waals surface area contributed by atoms with E-state index >= 15 is 0 Å². The van der Waals surface area contributed by atoms with Crippen LogP contribution in [0.1, 0.15) is 53.9 Å². The third kappa shape index (κ3) is 9.83. The van der Waals surface area contributed by atoms with E-state index in [9.17, 15) is 9.90 Å². The number of benzene rings is 3. The maximum Gasteiger partial charge on any atom is 0.231 e. The molecule has 208 valence electrons. The average Bonchev–Trinajstić information content (AvgIpc) is 3.34. The summed E-state index contributed by atoms with van der Waals surface area (Å²) in [5.41, 5.74) is 5.35. The quantitative estimate of drug-likeness (QED) is 0.185. The van der Waals surface area contributed by atoms with Crippen molar-refractivity contribution in [3.8, 4) is 0 Å². The topological polar surface area (TPSA) is 79.2 Å². The first-order valence-electron chi connectivity index (χ1n) is 12.9. The molecule has 4 aromatic rings. The van der Waals surface area contributed by atoms with Crippen molar-refractivity contribution in [3.63, 3.8) is 0 Å². The highest BCUT2D eigenvalue weighted by Gasteiger charge is 2.11. The third-order valence-electron chi connectivity index (χ3n) is 6.47. The number of carbonyl (C=O) groups is 1. The molecule has 1 aromatic heterocycles. The summed E-state index contributed by atoms with van der Waals surface area (Å²) in [6.45, 7) is 6.33. The van der Waals surface area contributed by atoms with Crippen LogP contribution in [-0.2, 0) is 24.2 Å². The lowest BCUT2D eigenvalue weighted by molar-refractivity contribution is -0.115. The predicted octanol–water partition coefficient (Wildman–Crippen LogP) is 5.95. The van der Waals surface area contributed by atoms with Gasteiger partial charge in [0.25, 0.3) is 0 Å². The molecule has 0 aliphatic carbocycles. The van der Waals surface area contributed by atoms with Crippen molar-refractivity contribution in [2.75, 3.05) is 18.4 Å². The van der Waals surface area contributed by atoms with Crippen LogP contribution in [0.4, 0.5) is 5.69 Å². The summed E-state index contributed by atoms with van der Waals surface area (Å²) in [6.07, 6.45) is 4.20. The molecule has 0 saturated heterocycles. The molecule has 6 nitrogen and oxygen atoms in total. The molecule has 1 heterocycles. The molecule has 3 N–H and O–H groups in total. The summed E-state index contributed by atoms with van der Waals surface area (Å²) in [7, 11) is 0. The Bertz CT molecular complexity index is 1260. The zero-order valence-electron chi connectivity index (χ0n) is 22.4. The molecule has 0 spiro atoms. The van der Waals surface area contributed by atoms with Gasteiger partial charge in [0.1, 0.15) is 5.82 Å². The van der Waals surface area contributed by atoms with Crippen molar-refractivity contribution < 1.29 is 9.90 Å². The summed E-state index contributed by atoms with van der Waals surface area (Å²) in [5.74, 6) is 1.16. The number of hydrogen-bond donors (Lipinski definition) is 3. The van der Waals surface area contributed by atoms with Crippen LogP contribution in [0.2, 0.25) is 0 Å². The molecule has 0 saturated carbocycles. The smallest absolute Gasteiger partial charge is 0.231 e. The largest absolute Gasteiger partial charge is 0.387 e. The molecule has 0 fully saturated rings. The van der Waals surface area contributed by atoms with Gasteiger partial charge in [-0.3, -0.25) is 4.79 Å². The lowest BCUT2D eigenvalue weighted by Gasteiger charge is -2.12. The van der Waals surface area contributed by atoms with Crippen molar-refractivity contribution in [2.45, 2.75) is 45.3 Å². The van der Waals surface area contributed by atoms with E-state index in [1.165, 1.54) is 16.7 Å². The van der Waals surface area contributed by atoms with Crippen LogP contribution in [0.5, 0.6) is 0 Å². The first kappa shape index (κ1) is 32.1. The molecule has 1 atom stereocenters. The van der Waals surface area contributed by atoms with Crippen LogP contribution in [-0.4, -0.2) is 33.7 Å². The van der Waals surface area contributed by atoms with Gasteiger partial charge >= 0.3 is 0 Å². The van der Waals surface area contributed by atoms with Gasteiger partial charge < -0.3 is 20.3 Å². The van der Waals surface area contributed by atoms with E-state index in [2.05, 4.69) is 53.7 Å². The second-order valence-corrected chi connectivity index (χ2v) is 9.67. The molecule has 0 aliphatic heterocycles. The van der Waals surface area contributed by atoms with Crippen molar-refractivity contribution in [1.82, 2.24) is 14.9 Å². The van der Waals surface area contributed by atoms with E-state index in [0.717, 1.165) is 30.0 Å². The summed E-state index contributed by atoms with van der Waals surface area (Å²) in [6, 6.07) is 26.2. The zero-order chi connectivity index (χ0) is 26.0. The van der Waals surface area contributed by atoms with Crippen LogP contribution >= 0.6 is 24.8 Å². The molecule has 0 aliphatic rings. The Hall–Kier alpha value is -3.16. The fourth-order valence-electron chi connectivity index (χ4n) is 4.22. The first-order chi connectivity index (χ1) is 18.0. The van der Waals surface area contributed by atoms with Gasteiger partial charge in [0.05, 0.1) is 12.5 Å². The Morgan fingerprint density at radius 2 is 1.56 bits per heavy atom. The van der Waals surface area contributed by atoms with Crippen molar-refractivity contribution in [2.24, 2.45) is 0 Å². The number of aliphatic hydroxyl groups is 1. The highest BCUT2D eigenvalue weighted by Crippen LogP contribution is 2.16. The van der Waals surface area contributed by atoms with Gasteiger partial charge in [0.15, 0.2) is 0 Å². The molecule has 39 heavy (non-hydrogen) atoms. The molecule has 8 heteroatoms. The number of imidazole rings is 1. The monoisotopic (exact) mass is 568 g/mol. The molecular weight excluding hydrogens is 531 g/mol. The highest BCUT2D eigenvalue weighted by atomic mass is 35.5. The van der Waals surface area contributed by atoms with Crippen LogP contribution < -0.4 is 10.6 Å². The Balaban J connectivity index is 0.00000267. The van der Waals surface area contributed by atoms with Crippen LogP contribution in [0.3, 0.4) is 0 Å². The first-order valence-corrected chi connectivity index (χ1v) is 12.9. The number of amides is 1. The lowest BCUT2D eigenvalue weighted by atomic mass is 10.0. The van der Waals surface area contributed by atoms with Gasteiger partial charge in [-0.1, -0.05) is 80.6 Å². The molecule has 1 unspecified atom stereocenters. The van der Waals surface area contributed by atoms with E-state index in [-0.39, 0.29) is 37.1 Å². The van der Waals surface area contributed by atoms with Crippen LogP contribution in [0.15, 0.2) is 91.3 Å². The Kier molecular flexibility index (Phi) is 13.2. The normalized spacial score (nSPS) is 11.4. The van der Waals surface area contributed by atoms with Gasteiger partial charge in [0, 0.05) is 31.2 Å². The molecule has 4 rings (SSSR count). The van der Waals surface area contributed by atoms with E-state index in [1.54, 1.807) is 6.20 Å². The predicted molar refractivity (Wildman–Crippen MR) is 163 cm³/mol. The van der Waals surface area contributed by atoms with Crippen molar-refractivity contribution in [3.05, 3.63) is 119 Å². The van der Waals surface area contributed by atoms with Gasteiger partial charge in [-0.15, -0.1) is 24.8 Å². The number of aromatic nitrogens is 2. The SMILES string of the molecule is CC(C)c1ccc(Cn2ccnc2CC(=O)Nc2ccc(CCNCC(O)c3ccccc3)cc2)cc1.Cl.Cl. The summed E-state index contributed by atoms with van der Waals surface area (Å²) >= 11 is 0. The Morgan fingerprint density at radius 3 is 2.23 bits per heavy atom. The number of rotatable bonds is 12. The molecule has 3 aromatic carbocycles. The Morgan fingerprint density at radius 1 is 0.897 bits per heavy atom. The number of carbonyl (C=O) groups excluding carboxylic acids is 1. The summed E-state index contributed by atoms with van der Waals surface area (Å²) in [5, 5.41) is 16.5. The van der Waals surface area contributed by atoms with Crippen molar-refractivity contribution >= 4 is 36.4 Å². The minimum absolute atomic E-state index is 0. The van der Waals surface area contributed by atoms with Crippen molar-refractivity contribution in [1.29, 1.82) is 0 Å². The average molecular weight is 570 g/mol. The van der Waals surface area contributed by atoms with E-state index < -0.39 is 6.10 Å². The summed E-state index contributed by atoms with van der Waals surface area (Å²) in [4.78, 5) is 17.1. The standard InChI is InChI=1S/C31H36N4O2.2ClH/c1-23(2)26-12-8-25(9-13-26)22-35-19-18-33-30(35)20-31(37)34-28-14-10-24(11-15-28)16-17-32-21-29(36)27-6-4-3-5-7-27;;/h3-15,18-19,23,29,32,36H,16-17,20-22H2,1-2H3,(H,34,37);2*1H. The third-order valence-corrected chi connectivity index (χ3v) is 6.47. The van der Waals surface area contributed by atoms with Gasteiger partial charge in [0.2, 0.25) is 5.91 Å². The fourth-order valence-corrected chi connectivity index (χ4v) is 4.22. The molecule has 0 radical (unpaired) electrons. The summed E-state index contributed by atoms with van der Waals surface area (Å²) < 4.78 is 2.02. The lowest BCUT2D eigenvalue weighted by Crippen LogP contribution is -2.23. The minimum atomic E-state index is -0.514. The molecule has 1 amide bonds. The number of halogens is 2. The van der Waals surface area contributed by atoms with E-state index in [4.69, 9.17) is 0 Å². The Labute approximate surface area is 243 Å². The number of nitrogens with zero attached hydrogens (tertiary/aromatic N) is 2. The van der Waals surface area contributed by atoms with Crippen LogP contribution in [0.25, 0.3) is 0 Å². The molecule has 0 bridgehead atoms. The minimum Gasteiger partial charge on any atom is -0.387 e. The molecular formula is C31H38Cl2N4O2. The number of nitrogens with one attached hydrogen (secondary N) is 2. The number of anilines is 1. The van der Waals surface area contributed by atoms with E-state index in [1.807, 2.05) is 65.4 Å². The highest BCUT2D eigenvalue weighted by molar-refractivity contribution is 5.91. The second-order valence-electron chi connectivity index (χ2n) is 9.67. The van der Waals surface area contributed by atoms with Gasteiger partial charge in [-0.25, -0.2) is 4.98 Å². The number of aliphatic hydroxyl groups excluding tert-OH is 1. The van der Waals surface area contributed by atoms with E-state index in [0.29, 0.717) is 19.0 Å². The fraction of sp³-hybridized carbons (Fsp3) is 0.290. The van der Waals surface area contributed by atoms with Gasteiger partial charge in [-0.2, -0.15) is 0 Å². The maximum atomic E-state index is 12.7. The zero-order valence-corrected chi connectivity index (χ0v) is 24.0.